The van der Waals surface area contributed by atoms with Gasteiger partial charge in [0.1, 0.15) is 0 Å². The summed E-state index contributed by atoms with van der Waals surface area (Å²) in [7, 11) is 0. The number of ketones is 1. The van der Waals surface area contributed by atoms with Crippen molar-refractivity contribution < 1.29 is 9.59 Å². The highest BCUT2D eigenvalue weighted by Crippen LogP contribution is 2.43. The number of hydrogen-bond acceptors (Lipinski definition) is 2. The largest absolute Gasteiger partial charge is 0.365 e. The number of carbonyl (C=O) groups excluding carboxylic acids is 2. The molecule has 17 heavy (non-hydrogen) atoms. The van der Waals surface area contributed by atoms with Crippen LogP contribution in [-0.4, -0.2) is 11.7 Å². The summed E-state index contributed by atoms with van der Waals surface area (Å²) < 4.78 is 0. The van der Waals surface area contributed by atoms with Crippen LogP contribution in [-0.2, 0) is 4.79 Å². The standard InChI is InChI=1S/C14H15NO2/c1-14(2,3)11-8-6-4-5-7-9(8)12(16)10(11)13(15)17/h4-7H,1-3H3,(H2,15,17). The lowest BCUT2D eigenvalue weighted by Gasteiger charge is -2.22. The maximum absolute atomic E-state index is 12.1. The van der Waals surface area contributed by atoms with Crippen LogP contribution in [0.15, 0.2) is 29.8 Å². The van der Waals surface area contributed by atoms with Crippen molar-refractivity contribution in [3.63, 3.8) is 0 Å². The predicted octanol–water partition coefficient (Wildman–Crippen LogP) is 2.17. The molecule has 0 aromatic heterocycles. The zero-order valence-corrected chi connectivity index (χ0v) is 10.2. The summed E-state index contributed by atoms with van der Waals surface area (Å²) in [4.78, 5) is 23.6. The summed E-state index contributed by atoms with van der Waals surface area (Å²) in [6, 6.07) is 7.26. The van der Waals surface area contributed by atoms with Gasteiger partial charge in [-0.05, 0) is 16.6 Å². The summed E-state index contributed by atoms with van der Waals surface area (Å²) in [6.45, 7) is 5.92. The maximum Gasteiger partial charge on any atom is 0.253 e. The summed E-state index contributed by atoms with van der Waals surface area (Å²) in [5.74, 6) is -0.894. The molecule has 2 N–H and O–H groups in total. The van der Waals surface area contributed by atoms with Gasteiger partial charge >= 0.3 is 0 Å². The summed E-state index contributed by atoms with van der Waals surface area (Å²) >= 11 is 0. The third kappa shape index (κ3) is 1.68. The van der Waals surface area contributed by atoms with Crippen molar-refractivity contribution in [1.29, 1.82) is 0 Å². The highest BCUT2D eigenvalue weighted by atomic mass is 16.2. The van der Waals surface area contributed by atoms with E-state index in [9.17, 15) is 9.59 Å². The minimum absolute atomic E-state index is 0.138. The van der Waals surface area contributed by atoms with E-state index >= 15 is 0 Å². The first-order valence-corrected chi connectivity index (χ1v) is 5.52. The second-order valence-electron chi connectivity index (χ2n) is 5.24. The lowest BCUT2D eigenvalue weighted by atomic mass is 9.81. The first kappa shape index (κ1) is 11.6. The molecule has 0 saturated carbocycles. The number of hydrogen-bond donors (Lipinski definition) is 1. The Kier molecular flexibility index (Phi) is 2.42. The van der Waals surface area contributed by atoms with Gasteiger partial charge in [-0.15, -0.1) is 0 Å². The summed E-state index contributed by atoms with van der Waals surface area (Å²) in [6.07, 6.45) is 0. The van der Waals surface area contributed by atoms with Gasteiger partial charge in [0, 0.05) is 5.56 Å². The molecule has 1 aliphatic rings. The van der Waals surface area contributed by atoms with E-state index in [0.717, 1.165) is 11.1 Å². The first-order valence-electron chi connectivity index (χ1n) is 5.52. The first-order chi connectivity index (χ1) is 7.84. The lowest BCUT2D eigenvalue weighted by Crippen LogP contribution is -2.21. The predicted molar refractivity (Wildman–Crippen MR) is 66.3 cm³/mol. The number of carbonyl (C=O) groups is 2. The van der Waals surface area contributed by atoms with Crippen molar-refractivity contribution >= 4 is 17.3 Å². The minimum Gasteiger partial charge on any atom is -0.365 e. The van der Waals surface area contributed by atoms with Gasteiger partial charge < -0.3 is 5.73 Å². The molecule has 0 unspecified atom stereocenters. The maximum atomic E-state index is 12.1. The number of benzene rings is 1. The van der Waals surface area contributed by atoms with Crippen LogP contribution >= 0.6 is 0 Å². The van der Waals surface area contributed by atoms with E-state index in [2.05, 4.69) is 0 Å². The van der Waals surface area contributed by atoms with Gasteiger partial charge in [-0.3, -0.25) is 9.59 Å². The van der Waals surface area contributed by atoms with Crippen LogP contribution in [0.25, 0.3) is 5.57 Å². The summed E-state index contributed by atoms with van der Waals surface area (Å²) in [5.41, 5.74) is 7.35. The van der Waals surface area contributed by atoms with Crippen LogP contribution in [0.5, 0.6) is 0 Å². The van der Waals surface area contributed by atoms with E-state index in [4.69, 9.17) is 5.73 Å². The van der Waals surface area contributed by atoms with Gasteiger partial charge in [-0.2, -0.15) is 0 Å². The van der Waals surface area contributed by atoms with Crippen molar-refractivity contribution in [3.8, 4) is 0 Å². The molecule has 1 aromatic rings. The Labute approximate surface area is 100 Å². The fourth-order valence-electron chi connectivity index (χ4n) is 2.30. The number of amides is 1. The van der Waals surface area contributed by atoms with E-state index in [0.29, 0.717) is 5.56 Å². The Balaban J connectivity index is 2.78. The third-order valence-corrected chi connectivity index (χ3v) is 2.91. The lowest BCUT2D eigenvalue weighted by molar-refractivity contribution is -0.114. The van der Waals surface area contributed by atoms with Crippen molar-refractivity contribution in [3.05, 3.63) is 41.0 Å². The molecular formula is C14H15NO2. The van der Waals surface area contributed by atoms with Crippen LogP contribution in [0.3, 0.4) is 0 Å². The molecule has 1 aliphatic carbocycles. The number of primary amides is 1. The molecule has 0 heterocycles. The molecule has 0 saturated heterocycles. The van der Waals surface area contributed by atoms with Crippen LogP contribution in [0, 0.1) is 5.41 Å². The van der Waals surface area contributed by atoms with Gasteiger partial charge in [0.15, 0.2) is 5.78 Å². The smallest absolute Gasteiger partial charge is 0.253 e. The zero-order valence-electron chi connectivity index (χ0n) is 10.2. The fourth-order valence-corrected chi connectivity index (χ4v) is 2.30. The Hall–Kier alpha value is -1.90. The Bertz CT molecular complexity index is 548. The summed E-state index contributed by atoms with van der Waals surface area (Å²) in [5, 5.41) is 0. The molecule has 0 aliphatic heterocycles. The van der Waals surface area contributed by atoms with E-state index in [-0.39, 0.29) is 16.8 Å². The zero-order chi connectivity index (χ0) is 12.8. The average Bonchev–Trinajstić information content (AvgIpc) is 2.52. The van der Waals surface area contributed by atoms with E-state index < -0.39 is 5.91 Å². The molecule has 3 nitrogen and oxygen atoms in total. The SMILES string of the molecule is CC(C)(C)C1=C(C(N)=O)C(=O)c2ccccc21. The average molecular weight is 229 g/mol. The minimum atomic E-state index is -0.642. The fraction of sp³-hybridized carbons (Fsp3) is 0.286. The topological polar surface area (TPSA) is 60.2 Å². The number of fused-ring (bicyclic) bond motifs is 1. The van der Waals surface area contributed by atoms with Crippen molar-refractivity contribution in [1.82, 2.24) is 0 Å². The van der Waals surface area contributed by atoms with E-state index in [1.54, 1.807) is 12.1 Å². The van der Waals surface area contributed by atoms with Gasteiger partial charge in [0.2, 0.25) is 0 Å². The van der Waals surface area contributed by atoms with Gasteiger partial charge in [-0.1, -0.05) is 45.0 Å². The van der Waals surface area contributed by atoms with Crippen molar-refractivity contribution in [2.75, 3.05) is 0 Å². The van der Waals surface area contributed by atoms with Crippen LogP contribution < -0.4 is 5.73 Å². The molecule has 0 radical (unpaired) electrons. The molecule has 0 atom stereocenters. The second kappa shape index (κ2) is 3.55. The molecule has 0 bridgehead atoms. The molecule has 1 aromatic carbocycles. The molecule has 3 heteroatoms. The highest BCUT2D eigenvalue weighted by molar-refractivity contribution is 6.34. The van der Waals surface area contributed by atoms with Crippen LogP contribution in [0.2, 0.25) is 0 Å². The molecule has 0 spiro atoms. The van der Waals surface area contributed by atoms with Crippen molar-refractivity contribution in [2.24, 2.45) is 11.1 Å². The van der Waals surface area contributed by atoms with Gasteiger partial charge in [0.25, 0.3) is 5.91 Å². The van der Waals surface area contributed by atoms with E-state index in [1.165, 1.54) is 0 Å². The van der Waals surface area contributed by atoms with Crippen LogP contribution in [0.1, 0.15) is 36.7 Å². The number of nitrogens with two attached hydrogens (primary N) is 1. The molecule has 88 valence electrons. The second-order valence-corrected chi connectivity index (χ2v) is 5.24. The number of Topliss-reactive ketones (excluding diaryl/α,β-unsaturated/α-hetero) is 1. The Morgan fingerprint density at radius 2 is 1.65 bits per heavy atom. The van der Waals surface area contributed by atoms with E-state index in [1.807, 2.05) is 32.9 Å². The Morgan fingerprint density at radius 3 is 2.12 bits per heavy atom. The van der Waals surface area contributed by atoms with Gasteiger partial charge in [0.05, 0.1) is 5.57 Å². The van der Waals surface area contributed by atoms with Crippen molar-refractivity contribution in [2.45, 2.75) is 20.8 Å². The molecular weight excluding hydrogens is 214 g/mol. The molecule has 2 rings (SSSR count). The quantitative estimate of drug-likeness (QED) is 0.750. The monoisotopic (exact) mass is 229 g/mol. The number of allylic oxidation sites excluding steroid dienone is 1. The third-order valence-electron chi connectivity index (χ3n) is 2.91. The molecule has 0 fully saturated rings. The molecule has 1 amide bonds. The number of rotatable bonds is 1. The highest BCUT2D eigenvalue weighted by Gasteiger charge is 2.37. The van der Waals surface area contributed by atoms with Gasteiger partial charge in [-0.25, -0.2) is 0 Å². The van der Waals surface area contributed by atoms with Crippen LogP contribution in [0.4, 0.5) is 0 Å². The normalized spacial score (nSPS) is 15.1. The Morgan fingerprint density at radius 1 is 1.12 bits per heavy atom.